The molecule has 1 amide bonds. The Labute approximate surface area is 181 Å². The van der Waals surface area contributed by atoms with Crippen LogP contribution in [0.3, 0.4) is 0 Å². The van der Waals surface area contributed by atoms with Gasteiger partial charge in [-0.25, -0.2) is 9.67 Å². The van der Waals surface area contributed by atoms with E-state index in [2.05, 4.69) is 15.4 Å². The van der Waals surface area contributed by atoms with Crippen molar-refractivity contribution >= 4 is 28.6 Å². The van der Waals surface area contributed by atoms with Crippen molar-refractivity contribution in [2.45, 2.75) is 19.9 Å². The van der Waals surface area contributed by atoms with E-state index in [-0.39, 0.29) is 11.5 Å². The minimum absolute atomic E-state index is 0.0794. The van der Waals surface area contributed by atoms with Crippen molar-refractivity contribution in [1.29, 1.82) is 0 Å². The van der Waals surface area contributed by atoms with Crippen LogP contribution in [-0.4, -0.2) is 27.2 Å². The summed E-state index contributed by atoms with van der Waals surface area (Å²) in [5.41, 5.74) is 2.35. The third kappa shape index (κ3) is 4.72. The Hall–Kier alpha value is -3.10. The van der Waals surface area contributed by atoms with Gasteiger partial charge in [0.2, 0.25) is 5.91 Å². The molecular weight excluding hydrogens is 416 g/mol. The highest BCUT2D eigenvalue weighted by Gasteiger charge is 2.14. The number of benzene rings is 1. The first-order valence-electron chi connectivity index (χ1n) is 9.50. The second-order valence-corrected chi connectivity index (χ2v) is 8.65. The van der Waals surface area contributed by atoms with Crippen LogP contribution in [0.5, 0.6) is 0 Å². The third-order valence-electron chi connectivity index (χ3n) is 4.48. The van der Waals surface area contributed by atoms with E-state index in [1.54, 1.807) is 28.7 Å². The molecule has 0 saturated carbocycles. The maximum Gasteiger partial charge on any atom is 0.266 e. The van der Waals surface area contributed by atoms with Gasteiger partial charge in [0.15, 0.2) is 0 Å². The molecule has 1 aromatic carbocycles. The van der Waals surface area contributed by atoms with E-state index in [9.17, 15) is 9.59 Å². The van der Waals surface area contributed by atoms with Crippen molar-refractivity contribution in [2.24, 2.45) is 0 Å². The summed E-state index contributed by atoms with van der Waals surface area (Å²) in [6.45, 7) is 2.59. The van der Waals surface area contributed by atoms with E-state index >= 15 is 0 Å². The number of hydrogen-bond acceptors (Lipinski definition) is 6. The van der Waals surface area contributed by atoms with Crippen molar-refractivity contribution in [1.82, 2.24) is 20.1 Å². The lowest BCUT2D eigenvalue weighted by Gasteiger charge is -2.08. The van der Waals surface area contributed by atoms with Gasteiger partial charge in [-0.05, 0) is 30.0 Å². The number of hydrogen-bond donors (Lipinski definition) is 1. The predicted octanol–water partition coefficient (Wildman–Crippen LogP) is 3.76. The van der Waals surface area contributed by atoms with E-state index in [1.165, 1.54) is 10.7 Å². The maximum absolute atomic E-state index is 12.2. The molecule has 0 bridgehead atoms. The third-order valence-corrected chi connectivity index (χ3v) is 6.70. The fraction of sp³-hybridized carbons (Fsp3) is 0.182. The number of carbonyl (C=O) groups excluding carboxylic acids is 1. The number of rotatable bonds is 7. The SMILES string of the molecule is Cc1nc(-c2cccs2)sc1-c1ccc(=O)n(CCNC(=O)Cc2ccccc2)n1. The first-order chi connectivity index (χ1) is 14.6. The number of thiophene rings is 1. The molecular formula is C22H20N4O2S2. The quantitative estimate of drug-likeness (QED) is 0.479. The average Bonchev–Trinajstić information content (AvgIpc) is 3.40. The van der Waals surface area contributed by atoms with E-state index in [1.807, 2.05) is 54.8 Å². The smallest absolute Gasteiger partial charge is 0.266 e. The lowest BCUT2D eigenvalue weighted by molar-refractivity contribution is -0.120. The zero-order chi connectivity index (χ0) is 20.9. The lowest BCUT2D eigenvalue weighted by atomic mass is 10.1. The molecule has 0 fully saturated rings. The highest BCUT2D eigenvalue weighted by atomic mass is 32.1. The maximum atomic E-state index is 12.2. The van der Waals surface area contributed by atoms with Gasteiger partial charge in [-0.15, -0.1) is 22.7 Å². The molecule has 152 valence electrons. The van der Waals surface area contributed by atoms with E-state index < -0.39 is 0 Å². The first-order valence-corrected chi connectivity index (χ1v) is 11.2. The van der Waals surface area contributed by atoms with Crippen molar-refractivity contribution in [2.75, 3.05) is 6.54 Å². The Morgan fingerprint density at radius 3 is 2.70 bits per heavy atom. The molecule has 4 aromatic rings. The standard InChI is InChI=1S/C22H20N4O2S2/c1-15-21(30-22(24-15)18-8-5-13-29-18)17-9-10-20(28)26(25-17)12-11-23-19(27)14-16-6-3-2-4-7-16/h2-10,13H,11-12,14H2,1H3,(H,23,27). The Morgan fingerprint density at radius 2 is 1.93 bits per heavy atom. The van der Waals surface area contributed by atoms with Gasteiger partial charge in [0.25, 0.3) is 5.56 Å². The summed E-state index contributed by atoms with van der Waals surface area (Å²) < 4.78 is 1.39. The Bertz CT molecular complexity index is 1200. The molecule has 0 atom stereocenters. The molecule has 0 spiro atoms. The van der Waals surface area contributed by atoms with Crippen LogP contribution in [0, 0.1) is 6.92 Å². The molecule has 0 radical (unpaired) electrons. The molecule has 0 unspecified atom stereocenters. The summed E-state index contributed by atoms with van der Waals surface area (Å²) in [6.07, 6.45) is 0.314. The van der Waals surface area contributed by atoms with Gasteiger partial charge in [-0.3, -0.25) is 9.59 Å². The van der Waals surface area contributed by atoms with Crippen molar-refractivity contribution in [3.8, 4) is 20.5 Å². The number of aryl methyl sites for hydroxylation is 1. The molecule has 6 nitrogen and oxygen atoms in total. The topological polar surface area (TPSA) is 76.9 Å². The van der Waals surface area contributed by atoms with Crippen molar-refractivity contribution < 1.29 is 4.79 Å². The van der Waals surface area contributed by atoms with E-state index in [0.29, 0.717) is 25.2 Å². The summed E-state index contributed by atoms with van der Waals surface area (Å²) in [4.78, 5) is 31.0. The molecule has 0 aliphatic carbocycles. The minimum atomic E-state index is -0.197. The molecule has 4 rings (SSSR count). The summed E-state index contributed by atoms with van der Waals surface area (Å²) >= 11 is 3.21. The zero-order valence-corrected chi connectivity index (χ0v) is 18.0. The van der Waals surface area contributed by atoms with E-state index in [0.717, 1.165) is 26.0 Å². The molecule has 30 heavy (non-hydrogen) atoms. The molecule has 0 saturated heterocycles. The number of nitrogens with zero attached hydrogens (tertiary/aromatic N) is 3. The van der Waals surface area contributed by atoms with Gasteiger partial charge in [0, 0.05) is 12.6 Å². The van der Waals surface area contributed by atoms with Crippen LogP contribution in [-0.2, 0) is 17.8 Å². The van der Waals surface area contributed by atoms with Gasteiger partial charge >= 0.3 is 0 Å². The van der Waals surface area contributed by atoms with Crippen LogP contribution >= 0.6 is 22.7 Å². The minimum Gasteiger partial charge on any atom is -0.354 e. The van der Waals surface area contributed by atoms with Crippen LogP contribution in [0.25, 0.3) is 20.5 Å². The highest BCUT2D eigenvalue weighted by Crippen LogP contribution is 2.35. The Kier molecular flexibility index (Phi) is 6.15. The van der Waals surface area contributed by atoms with Gasteiger partial charge in [-0.1, -0.05) is 36.4 Å². The number of aromatic nitrogens is 3. The monoisotopic (exact) mass is 436 g/mol. The molecule has 3 aromatic heterocycles. The van der Waals surface area contributed by atoms with Crippen molar-refractivity contribution in [3.05, 3.63) is 81.6 Å². The second-order valence-electron chi connectivity index (χ2n) is 6.70. The molecule has 0 aliphatic heterocycles. The number of carbonyl (C=O) groups is 1. The average molecular weight is 437 g/mol. The van der Waals surface area contributed by atoms with Crippen LogP contribution in [0.4, 0.5) is 0 Å². The Morgan fingerprint density at radius 1 is 1.10 bits per heavy atom. The fourth-order valence-corrected chi connectivity index (χ4v) is 4.84. The number of nitrogens with one attached hydrogen (secondary N) is 1. The normalized spacial score (nSPS) is 10.8. The Balaban J connectivity index is 1.44. The van der Waals surface area contributed by atoms with Gasteiger partial charge < -0.3 is 5.32 Å². The predicted molar refractivity (Wildman–Crippen MR) is 121 cm³/mol. The van der Waals surface area contributed by atoms with Crippen LogP contribution in [0.15, 0.2) is 64.8 Å². The van der Waals surface area contributed by atoms with E-state index in [4.69, 9.17) is 0 Å². The van der Waals surface area contributed by atoms with Crippen molar-refractivity contribution in [3.63, 3.8) is 0 Å². The highest BCUT2D eigenvalue weighted by molar-refractivity contribution is 7.23. The van der Waals surface area contributed by atoms with Gasteiger partial charge in [0.05, 0.1) is 28.4 Å². The lowest BCUT2D eigenvalue weighted by Crippen LogP contribution is -2.32. The van der Waals surface area contributed by atoms with Crippen LogP contribution in [0.1, 0.15) is 11.3 Å². The van der Waals surface area contributed by atoms with Gasteiger partial charge in [0.1, 0.15) is 10.7 Å². The summed E-state index contributed by atoms with van der Waals surface area (Å²) in [5, 5.41) is 10.3. The summed E-state index contributed by atoms with van der Waals surface area (Å²) in [7, 11) is 0. The summed E-state index contributed by atoms with van der Waals surface area (Å²) in [6, 6.07) is 16.8. The molecule has 3 heterocycles. The first kappa shape index (κ1) is 20.2. The number of thiazole rings is 1. The number of amides is 1. The second kappa shape index (κ2) is 9.15. The molecule has 8 heteroatoms. The fourth-order valence-electron chi connectivity index (χ4n) is 3.01. The van der Waals surface area contributed by atoms with Gasteiger partial charge in [-0.2, -0.15) is 5.10 Å². The van der Waals surface area contributed by atoms with Crippen LogP contribution in [0.2, 0.25) is 0 Å². The molecule has 0 aliphatic rings. The molecule has 1 N–H and O–H groups in total. The van der Waals surface area contributed by atoms with Crippen LogP contribution < -0.4 is 10.9 Å². The summed E-state index contributed by atoms with van der Waals surface area (Å²) in [5.74, 6) is -0.0794. The zero-order valence-electron chi connectivity index (χ0n) is 16.4. The largest absolute Gasteiger partial charge is 0.354 e.